The minimum absolute atomic E-state index is 0.101. The van der Waals surface area contributed by atoms with Crippen molar-refractivity contribution in [2.45, 2.75) is 25.8 Å². The fourth-order valence-corrected chi connectivity index (χ4v) is 4.09. The Balaban J connectivity index is 1.39. The molecule has 2 saturated heterocycles. The Kier molecular flexibility index (Phi) is 4.17. The number of aryl methyl sites for hydroxylation is 1. The molecule has 7 heteroatoms. The smallest absolute Gasteiger partial charge is 0.321 e. The third kappa shape index (κ3) is 3.24. The number of urea groups is 1. The van der Waals surface area contributed by atoms with E-state index in [1.165, 1.54) is 0 Å². The third-order valence-corrected chi connectivity index (χ3v) is 5.61. The zero-order valence-corrected chi connectivity index (χ0v) is 14.9. The summed E-state index contributed by atoms with van der Waals surface area (Å²) in [7, 11) is 0. The van der Waals surface area contributed by atoms with Crippen LogP contribution in [0.15, 0.2) is 29.6 Å². The average molecular weight is 356 g/mol. The van der Waals surface area contributed by atoms with Gasteiger partial charge in [0.25, 0.3) is 0 Å². The van der Waals surface area contributed by atoms with Gasteiger partial charge in [-0.25, -0.2) is 9.78 Å². The minimum Gasteiger partial charge on any atom is -0.336 e. The van der Waals surface area contributed by atoms with Gasteiger partial charge in [0.15, 0.2) is 0 Å². The average Bonchev–Trinajstić information content (AvgIpc) is 3.21. The first-order valence-corrected chi connectivity index (χ1v) is 9.36. The molecule has 2 aliphatic rings. The van der Waals surface area contributed by atoms with Crippen molar-refractivity contribution in [2.24, 2.45) is 0 Å². The van der Waals surface area contributed by atoms with E-state index in [0.29, 0.717) is 26.1 Å². The summed E-state index contributed by atoms with van der Waals surface area (Å²) in [5.41, 5.74) is 2.77. The summed E-state index contributed by atoms with van der Waals surface area (Å²) in [5.74, 6) is 0.220. The Morgan fingerprint density at radius 3 is 2.80 bits per heavy atom. The maximum atomic E-state index is 12.5. The fraction of sp³-hybridized carbons (Fsp3) is 0.389. The van der Waals surface area contributed by atoms with Crippen LogP contribution in [-0.4, -0.2) is 52.4 Å². The van der Waals surface area contributed by atoms with Gasteiger partial charge in [-0.2, -0.15) is 0 Å². The molecule has 130 valence electrons. The number of anilines is 1. The van der Waals surface area contributed by atoms with Crippen molar-refractivity contribution >= 4 is 29.0 Å². The number of aromatic nitrogens is 1. The van der Waals surface area contributed by atoms with Crippen LogP contribution in [0.2, 0.25) is 0 Å². The van der Waals surface area contributed by atoms with Crippen molar-refractivity contribution in [3.8, 4) is 11.3 Å². The second kappa shape index (κ2) is 6.48. The SMILES string of the molecule is Cc1nc(-c2ccc(NC(=O)N3CCN4C(=O)CCC4C3)cc2)cs1. The van der Waals surface area contributed by atoms with Gasteiger partial charge in [-0.1, -0.05) is 12.1 Å². The molecule has 1 unspecified atom stereocenters. The maximum Gasteiger partial charge on any atom is 0.321 e. The first-order valence-electron chi connectivity index (χ1n) is 8.48. The van der Waals surface area contributed by atoms with Gasteiger partial charge in [-0.3, -0.25) is 4.79 Å². The Hall–Kier alpha value is -2.41. The molecule has 3 amide bonds. The standard InChI is InChI=1S/C18H20N4O2S/c1-12-19-16(11-25-12)13-2-4-14(5-3-13)20-18(24)21-8-9-22-15(10-21)6-7-17(22)23/h2-5,11,15H,6-10H2,1H3,(H,20,24). The van der Waals surface area contributed by atoms with Crippen molar-refractivity contribution in [1.82, 2.24) is 14.8 Å². The number of benzene rings is 1. The van der Waals surface area contributed by atoms with E-state index in [1.54, 1.807) is 16.2 Å². The fourth-order valence-electron chi connectivity index (χ4n) is 3.47. The van der Waals surface area contributed by atoms with Gasteiger partial charge in [0, 0.05) is 48.7 Å². The Morgan fingerprint density at radius 1 is 1.28 bits per heavy atom. The molecule has 1 atom stereocenters. The quantitative estimate of drug-likeness (QED) is 0.900. The van der Waals surface area contributed by atoms with E-state index in [-0.39, 0.29) is 18.0 Å². The van der Waals surface area contributed by atoms with Gasteiger partial charge in [-0.05, 0) is 25.5 Å². The molecule has 2 aliphatic heterocycles. The maximum absolute atomic E-state index is 12.5. The molecule has 0 saturated carbocycles. The first-order chi connectivity index (χ1) is 12.1. The highest BCUT2D eigenvalue weighted by molar-refractivity contribution is 7.09. The summed E-state index contributed by atoms with van der Waals surface area (Å²) < 4.78 is 0. The van der Waals surface area contributed by atoms with Gasteiger partial charge < -0.3 is 15.1 Å². The highest BCUT2D eigenvalue weighted by Crippen LogP contribution is 2.25. The number of rotatable bonds is 2. The molecule has 2 fully saturated rings. The van der Waals surface area contributed by atoms with E-state index < -0.39 is 0 Å². The molecule has 4 rings (SSSR count). The number of nitrogens with one attached hydrogen (secondary N) is 1. The van der Waals surface area contributed by atoms with Gasteiger partial charge in [0.1, 0.15) is 0 Å². The lowest BCUT2D eigenvalue weighted by Gasteiger charge is -2.37. The zero-order valence-electron chi connectivity index (χ0n) is 14.1. The number of thiazole rings is 1. The summed E-state index contributed by atoms with van der Waals surface area (Å²) in [6.07, 6.45) is 1.46. The highest BCUT2D eigenvalue weighted by Gasteiger charge is 2.36. The summed E-state index contributed by atoms with van der Waals surface area (Å²) >= 11 is 1.63. The van der Waals surface area contributed by atoms with Crippen LogP contribution < -0.4 is 5.32 Å². The Labute approximate surface area is 150 Å². The summed E-state index contributed by atoms with van der Waals surface area (Å²) in [6.45, 7) is 3.83. The number of carbonyl (C=O) groups is 2. The van der Waals surface area contributed by atoms with E-state index >= 15 is 0 Å². The molecule has 0 bridgehead atoms. The molecule has 0 radical (unpaired) electrons. The predicted molar refractivity (Wildman–Crippen MR) is 97.6 cm³/mol. The number of amides is 3. The second-order valence-corrected chi connectivity index (χ2v) is 7.55. The summed E-state index contributed by atoms with van der Waals surface area (Å²) in [6, 6.07) is 7.82. The molecule has 1 aromatic heterocycles. The van der Waals surface area contributed by atoms with Gasteiger partial charge in [0.2, 0.25) is 5.91 Å². The number of hydrogen-bond acceptors (Lipinski definition) is 4. The van der Waals surface area contributed by atoms with Crippen LogP contribution in [-0.2, 0) is 4.79 Å². The van der Waals surface area contributed by atoms with Crippen molar-refractivity contribution in [3.05, 3.63) is 34.7 Å². The predicted octanol–water partition coefficient (Wildman–Crippen LogP) is 2.96. The normalized spacial score (nSPS) is 19.9. The number of nitrogens with zero attached hydrogens (tertiary/aromatic N) is 3. The monoisotopic (exact) mass is 356 g/mol. The molecule has 25 heavy (non-hydrogen) atoms. The molecule has 0 aliphatic carbocycles. The number of carbonyl (C=O) groups excluding carboxylic acids is 2. The van der Waals surface area contributed by atoms with Crippen LogP contribution in [0.5, 0.6) is 0 Å². The molecular formula is C18H20N4O2S. The lowest BCUT2D eigenvalue weighted by molar-refractivity contribution is -0.130. The number of hydrogen-bond donors (Lipinski definition) is 1. The van der Waals surface area contributed by atoms with E-state index in [0.717, 1.165) is 28.4 Å². The highest BCUT2D eigenvalue weighted by atomic mass is 32.1. The lowest BCUT2D eigenvalue weighted by atomic mass is 10.1. The number of fused-ring (bicyclic) bond motifs is 1. The Morgan fingerprint density at radius 2 is 2.08 bits per heavy atom. The van der Waals surface area contributed by atoms with Crippen molar-refractivity contribution < 1.29 is 9.59 Å². The van der Waals surface area contributed by atoms with Crippen LogP contribution in [0, 0.1) is 6.92 Å². The molecule has 0 spiro atoms. The van der Waals surface area contributed by atoms with Crippen LogP contribution in [0.4, 0.5) is 10.5 Å². The zero-order chi connectivity index (χ0) is 17.4. The molecule has 6 nitrogen and oxygen atoms in total. The van der Waals surface area contributed by atoms with E-state index in [4.69, 9.17) is 0 Å². The molecule has 1 aromatic carbocycles. The molecule has 2 aromatic rings. The minimum atomic E-state index is -0.101. The van der Waals surface area contributed by atoms with E-state index in [1.807, 2.05) is 41.5 Å². The van der Waals surface area contributed by atoms with Gasteiger partial charge >= 0.3 is 6.03 Å². The third-order valence-electron chi connectivity index (χ3n) is 4.83. The van der Waals surface area contributed by atoms with Crippen LogP contribution in [0.3, 0.4) is 0 Å². The van der Waals surface area contributed by atoms with Crippen molar-refractivity contribution in [2.75, 3.05) is 25.0 Å². The van der Waals surface area contributed by atoms with Gasteiger partial charge in [0.05, 0.1) is 10.7 Å². The first kappa shape index (κ1) is 16.1. The van der Waals surface area contributed by atoms with E-state index in [9.17, 15) is 9.59 Å². The summed E-state index contributed by atoms with van der Waals surface area (Å²) in [5, 5.41) is 6.02. The van der Waals surface area contributed by atoms with Crippen molar-refractivity contribution in [1.29, 1.82) is 0 Å². The second-order valence-electron chi connectivity index (χ2n) is 6.48. The Bertz CT molecular complexity index is 802. The largest absolute Gasteiger partial charge is 0.336 e. The van der Waals surface area contributed by atoms with E-state index in [2.05, 4.69) is 10.3 Å². The molecule has 3 heterocycles. The van der Waals surface area contributed by atoms with Gasteiger partial charge in [-0.15, -0.1) is 11.3 Å². The number of piperazine rings is 1. The summed E-state index contributed by atoms with van der Waals surface area (Å²) in [4.78, 5) is 32.4. The van der Waals surface area contributed by atoms with Crippen molar-refractivity contribution in [3.63, 3.8) is 0 Å². The van der Waals surface area contributed by atoms with Crippen LogP contribution in [0.1, 0.15) is 17.8 Å². The molecule has 1 N–H and O–H groups in total. The van der Waals surface area contributed by atoms with Crippen LogP contribution >= 0.6 is 11.3 Å². The molecular weight excluding hydrogens is 336 g/mol. The lowest BCUT2D eigenvalue weighted by Crippen LogP contribution is -2.54. The topological polar surface area (TPSA) is 65.5 Å². The van der Waals surface area contributed by atoms with Crippen LogP contribution in [0.25, 0.3) is 11.3 Å².